The Kier molecular flexibility index (Phi) is 4.37. The number of aromatic amines is 1. The number of amides is 1. The molecular formula is C17H23N3O2S. The Bertz CT molecular complexity index is 646. The third kappa shape index (κ3) is 3.29. The number of fused-ring (bicyclic) bond motifs is 1. The summed E-state index contributed by atoms with van der Waals surface area (Å²) in [6.07, 6.45) is 3.62. The number of H-pyrrole nitrogens is 1. The van der Waals surface area contributed by atoms with Crippen LogP contribution in [-0.2, 0) is 4.74 Å². The maximum absolute atomic E-state index is 12.8. The van der Waals surface area contributed by atoms with Gasteiger partial charge in [0.15, 0.2) is 0 Å². The fourth-order valence-electron chi connectivity index (χ4n) is 3.58. The topological polar surface area (TPSA) is 48.6 Å². The van der Waals surface area contributed by atoms with Gasteiger partial charge >= 0.3 is 0 Å². The van der Waals surface area contributed by atoms with E-state index in [1.54, 1.807) is 11.3 Å². The number of carbonyl (C=O) groups is 1. The van der Waals surface area contributed by atoms with Gasteiger partial charge in [-0.25, -0.2) is 0 Å². The van der Waals surface area contributed by atoms with E-state index in [0.29, 0.717) is 12.2 Å². The minimum atomic E-state index is 0.102. The third-order valence-electron chi connectivity index (χ3n) is 4.77. The molecule has 0 aliphatic carbocycles. The second-order valence-electron chi connectivity index (χ2n) is 6.49. The summed E-state index contributed by atoms with van der Waals surface area (Å²) in [5, 5.41) is 2.04. The molecule has 1 N–H and O–H groups in total. The zero-order chi connectivity index (χ0) is 15.6. The number of hydrogen-bond donors (Lipinski definition) is 1. The average Bonchev–Trinajstić information content (AvgIpc) is 3.22. The lowest BCUT2D eigenvalue weighted by atomic mass is 10.2. The van der Waals surface area contributed by atoms with E-state index in [-0.39, 0.29) is 12.0 Å². The molecule has 23 heavy (non-hydrogen) atoms. The van der Waals surface area contributed by atoms with Gasteiger partial charge in [0.25, 0.3) is 5.91 Å². The largest absolute Gasteiger partial charge is 0.375 e. The molecule has 2 saturated heterocycles. The monoisotopic (exact) mass is 333 g/mol. The van der Waals surface area contributed by atoms with Crippen molar-refractivity contribution in [2.24, 2.45) is 0 Å². The Morgan fingerprint density at radius 3 is 3.00 bits per heavy atom. The summed E-state index contributed by atoms with van der Waals surface area (Å²) in [7, 11) is 0. The highest BCUT2D eigenvalue weighted by Crippen LogP contribution is 2.22. The number of aromatic nitrogens is 1. The lowest BCUT2D eigenvalue weighted by Crippen LogP contribution is -2.42. The van der Waals surface area contributed by atoms with E-state index in [9.17, 15) is 4.79 Å². The Morgan fingerprint density at radius 2 is 2.17 bits per heavy atom. The molecule has 4 rings (SSSR count). The predicted octanol–water partition coefficient (Wildman–Crippen LogP) is 2.56. The fraction of sp³-hybridized carbons (Fsp3) is 0.588. The smallest absolute Gasteiger partial charge is 0.270 e. The van der Waals surface area contributed by atoms with Gasteiger partial charge in [-0.2, -0.15) is 0 Å². The molecule has 2 aromatic heterocycles. The van der Waals surface area contributed by atoms with Gasteiger partial charge in [-0.1, -0.05) is 0 Å². The molecule has 0 radical (unpaired) electrons. The standard InChI is InChI=1S/C17H23N3O2S/c21-17(15-10-16-14(18-15)4-9-23-16)20-7-3-8-22-13(12-20)11-19-5-1-2-6-19/h4,9-10,13,18H,1-3,5-8,11-12H2. The Hall–Kier alpha value is -1.37. The first-order valence-electron chi connectivity index (χ1n) is 8.49. The van der Waals surface area contributed by atoms with Crippen LogP contribution in [0, 0.1) is 0 Å². The molecule has 1 amide bonds. The van der Waals surface area contributed by atoms with Gasteiger partial charge in [0.2, 0.25) is 0 Å². The number of carbonyl (C=O) groups excluding carboxylic acids is 1. The summed E-state index contributed by atoms with van der Waals surface area (Å²) in [4.78, 5) is 20.5. The minimum absolute atomic E-state index is 0.102. The van der Waals surface area contributed by atoms with Gasteiger partial charge in [0.05, 0.1) is 16.3 Å². The van der Waals surface area contributed by atoms with E-state index in [2.05, 4.69) is 9.88 Å². The van der Waals surface area contributed by atoms with Crippen LogP contribution in [0.4, 0.5) is 0 Å². The van der Waals surface area contributed by atoms with Crippen molar-refractivity contribution >= 4 is 27.5 Å². The van der Waals surface area contributed by atoms with Crippen LogP contribution in [0.25, 0.3) is 10.2 Å². The number of nitrogens with zero attached hydrogens (tertiary/aromatic N) is 2. The maximum Gasteiger partial charge on any atom is 0.270 e. The molecule has 2 aliphatic rings. The first-order valence-corrected chi connectivity index (χ1v) is 9.37. The van der Waals surface area contributed by atoms with Crippen molar-refractivity contribution in [3.05, 3.63) is 23.2 Å². The number of nitrogens with one attached hydrogen (secondary N) is 1. The van der Waals surface area contributed by atoms with E-state index in [1.807, 2.05) is 22.4 Å². The van der Waals surface area contributed by atoms with Gasteiger partial charge in [-0.15, -0.1) is 11.3 Å². The summed E-state index contributed by atoms with van der Waals surface area (Å²) in [5.74, 6) is 0.102. The quantitative estimate of drug-likeness (QED) is 0.939. The van der Waals surface area contributed by atoms with Crippen molar-refractivity contribution in [2.75, 3.05) is 39.3 Å². The zero-order valence-electron chi connectivity index (χ0n) is 13.3. The van der Waals surface area contributed by atoms with Crippen LogP contribution in [0.1, 0.15) is 29.8 Å². The third-order valence-corrected chi connectivity index (χ3v) is 5.63. The second kappa shape index (κ2) is 6.63. The maximum atomic E-state index is 12.8. The lowest BCUT2D eigenvalue weighted by Gasteiger charge is -2.26. The van der Waals surface area contributed by atoms with Crippen LogP contribution in [0.2, 0.25) is 0 Å². The van der Waals surface area contributed by atoms with Crippen LogP contribution >= 0.6 is 11.3 Å². The molecule has 0 aromatic carbocycles. The molecule has 0 spiro atoms. The van der Waals surface area contributed by atoms with Crippen LogP contribution in [0.5, 0.6) is 0 Å². The van der Waals surface area contributed by atoms with Crippen molar-refractivity contribution in [2.45, 2.75) is 25.4 Å². The predicted molar refractivity (Wildman–Crippen MR) is 92.1 cm³/mol. The van der Waals surface area contributed by atoms with Crippen LogP contribution < -0.4 is 0 Å². The van der Waals surface area contributed by atoms with E-state index in [4.69, 9.17) is 4.74 Å². The number of thiophene rings is 1. The van der Waals surface area contributed by atoms with Crippen molar-refractivity contribution in [3.63, 3.8) is 0 Å². The van der Waals surface area contributed by atoms with E-state index in [1.165, 1.54) is 25.9 Å². The van der Waals surface area contributed by atoms with E-state index < -0.39 is 0 Å². The SMILES string of the molecule is O=C(c1cc2sccc2[nH]1)N1CCCOC(CN2CCCC2)C1. The number of rotatable bonds is 3. The Labute approximate surface area is 140 Å². The lowest BCUT2D eigenvalue weighted by molar-refractivity contribution is 0.0296. The highest BCUT2D eigenvalue weighted by molar-refractivity contribution is 7.17. The van der Waals surface area contributed by atoms with Gasteiger partial charge < -0.3 is 19.5 Å². The highest BCUT2D eigenvalue weighted by atomic mass is 32.1. The Balaban J connectivity index is 1.45. The molecule has 1 unspecified atom stereocenters. The molecule has 4 heterocycles. The van der Waals surface area contributed by atoms with Crippen molar-refractivity contribution in [1.29, 1.82) is 0 Å². The number of hydrogen-bond acceptors (Lipinski definition) is 4. The molecular weight excluding hydrogens is 310 g/mol. The molecule has 6 heteroatoms. The first-order chi connectivity index (χ1) is 11.3. The van der Waals surface area contributed by atoms with Crippen molar-refractivity contribution < 1.29 is 9.53 Å². The van der Waals surface area contributed by atoms with Gasteiger partial charge in [-0.3, -0.25) is 4.79 Å². The highest BCUT2D eigenvalue weighted by Gasteiger charge is 2.26. The Morgan fingerprint density at radius 1 is 1.30 bits per heavy atom. The second-order valence-corrected chi connectivity index (χ2v) is 7.43. The van der Waals surface area contributed by atoms with Gasteiger partial charge in [-0.05, 0) is 49.9 Å². The average molecular weight is 333 g/mol. The van der Waals surface area contributed by atoms with Gasteiger partial charge in [0.1, 0.15) is 5.69 Å². The summed E-state index contributed by atoms with van der Waals surface area (Å²) >= 11 is 1.66. The van der Waals surface area contributed by atoms with Crippen LogP contribution in [0.15, 0.2) is 17.5 Å². The fourth-order valence-corrected chi connectivity index (χ4v) is 4.36. The van der Waals surface area contributed by atoms with E-state index >= 15 is 0 Å². The molecule has 2 fully saturated rings. The molecule has 2 aromatic rings. The molecule has 1 atom stereocenters. The summed E-state index contributed by atoms with van der Waals surface area (Å²) < 4.78 is 7.13. The van der Waals surface area contributed by atoms with Crippen molar-refractivity contribution in [3.8, 4) is 0 Å². The van der Waals surface area contributed by atoms with Crippen molar-refractivity contribution in [1.82, 2.24) is 14.8 Å². The molecule has 0 bridgehead atoms. The zero-order valence-corrected chi connectivity index (χ0v) is 14.1. The summed E-state index contributed by atoms with van der Waals surface area (Å²) in [6, 6.07) is 4.00. The van der Waals surface area contributed by atoms with Crippen LogP contribution in [-0.4, -0.2) is 66.1 Å². The van der Waals surface area contributed by atoms with E-state index in [0.717, 1.165) is 36.3 Å². The number of ether oxygens (including phenoxy) is 1. The van der Waals surface area contributed by atoms with Gasteiger partial charge in [0, 0.05) is 26.2 Å². The minimum Gasteiger partial charge on any atom is -0.375 e. The number of likely N-dealkylation sites (tertiary alicyclic amines) is 1. The molecule has 124 valence electrons. The molecule has 5 nitrogen and oxygen atoms in total. The summed E-state index contributed by atoms with van der Waals surface area (Å²) in [5.41, 5.74) is 1.76. The molecule has 0 saturated carbocycles. The first kappa shape index (κ1) is 15.2. The van der Waals surface area contributed by atoms with Crippen LogP contribution in [0.3, 0.4) is 0 Å². The summed E-state index contributed by atoms with van der Waals surface area (Å²) in [6.45, 7) is 5.51. The molecule has 2 aliphatic heterocycles. The normalized spacial score (nSPS) is 23.5.